The zero-order chi connectivity index (χ0) is 14.0. The van der Waals surface area contributed by atoms with Crippen LogP contribution in [0.2, 0.25) is 0 Å². The van der Waals surface area contributed by atoms with Crippen molar-refractivity contribution in [1.29, 1.82) is 0 Å². The standard InChI is InChI=1S/C15H22N2O2/c1-4-13(16)11-7-9(2)8-12-14(17-10(3)18)5-6-19-15(11)12/h7-8,13-14H,4-6,16H2,1-3H3,(H,17,18). The summed E-state index contributed by atoms with van der Waals surface area (Å²) in [4.78, 5) is 11.3. The maximum Gasteiger partial charge on any atom is 0.217 e. The van der Waals surface area contributed by atoms with Crippen molar-refractivity contribution in [3.63, 3.8) is 0 Å². The van der Waals surface area contributed by atoms with Crippen LogP contribution in [0.4, 0.5) is 0 Å². The molecule has 2 rings (SSSR count). The van der Waals surface area contributed by atoms with Gasteiger partial charge in [0.25, 0.3) is 0 Å². The first-order valence-electron chi connectivity index (χ1n) is 6.82. The molecule has 2 unspecified atom stereocenters. The summed E-state index contributed by atoms with van der Waals surface area (Å²) in [5.74, 6) is 0.852. The Labute approximate surface area is 114 Å². The molecule has 1 aliphatic heterocycles. The molecule has 0 radical (unpaired) electrons. The van der Waals surface area contributed by atoms with Crippen LogP contribution in [0, 0.1) is 6.92 Å². The van der Waals surface area contributed by atoms with E-state index in [0.29, 0.717) is 6.61 Å². The lowest BCUT2D eigenvalue weighted by Gasteiger charge is -2.30. The molecule has 0 saturated carbocycles. The molecule has 0 fully saturated rings. The first kappa shape index (κ1) is 13.9. The minimum Gasteiger partial charge on any atom is -0.493 e. The third kappa shape index (κ3) is 2.89. The highest BCUT2D eigenvalue weighted by Gasteiger charge is 2.26. The maximum atomic E-state index is 11.3. The Balaban J connectivity index is 2.46. The fourth-order valence-electron chi connectivity index (χ4n) is 2.58. The van der Waals surface area contributed by atoms with Crippen molar-refractivity contribution in [2.75, 3.05) is 6.61 Å². The SMILES string of the molecule is CCC(N)c1cc(C)cc2c1OCCC2NC(C)=O. The summed E-state index contributed by atoms with van der Waals surface area (Å²) >= 11 is 0. The molecule has 1 aromatic carbocycles. The van der Waals surface area contributed by atoms with Gasteiger partial charge in [0.2, 0.25) is 5.91 Å². The molecule has 1 aliphatic rings. The second-order valence-corrected chi connectivity index (χ2v) is 5.18. The molecule has 1 amide bonds. The molecule has 0 spiro atoms. The van der Waals surface area contributed by atoms with Gasteiger partial charge in [-0.2, -0.15) is 0 Å². The Kier molecular flexibility index (Phi) is 4.10. The highest BCUT2D eigenvalue weighted by atomic mass is 16.5. The van der Waals surface area contributed by atoms with Crippen LogP contribution >= 0.6 is 0 Å². The molecule has 1 aromatic rings. The normalized spacial score (nSPS) is 19.3. The summed E-state index contributed by atoms with van der Waals surface area (Å²) in [5, 5.41) is 2.99. The second kappa shape index (κ2) is 5.61. The Morgan fingerprint density at radius 2 is 2.32 bits per heavy atom. The predicted octanol–water partition coefficient (Wildman–Crippen LogP) is 2.36. The number of carbonyl (C=O) groups is 1. The van der Waals surface area contributed by atoms with Gasteiger partial charge in [0, 0.05) is 30.5 Å². The lowest BCUT2D eigenvalue weighted by Crippen LogP contribution is -2.31. The summed E-state index contributed by atoms with van der Waals surface area (Å²) in [7, 11) is 0. The highest BCUT2D eigenvalue weighted by Crippen LogP contribution is 2.38. The lowest BCUT2D eigenvalue weighted by molar-refractivity contribution is -0.119. The minimum absolute atomic E-state index is 0.0132. The van der Waals surface area contributed by atoms with Crippen LogP contribution < -0.4 is 15.8 Å². The largest absolute Gasteiger partial charge is 0.493 e. The van der Waals surface area contributed by atoms with E-state index in [4.69, 9.17) is 10.5 Å². The molecule has 0 aromatic heterocycles. The number of rotatable bonds is 3. The molecule has 19 heavy (non-hydrogen) atoms. The zero-order valence-electron chi connectivity index (χ0n) is 11.8. The predicted molar refractivity (Wildman–Crippen MR) is 75.1 cm³/mol. The van der Waals surface area contributed by atoms with E-state index in [1.54, 1.807) is 6.92 Å². The molecule has 1 heterocycles. The number of hydrogen-bond acceptors (Lipinski definition) is 3. The minimum atomic E-state index is -0.0234. The average molecular weight is 262 g/mol. The lowest BCUT2D eigenvalue weighted by atomic mass is 9.92. The highest BCUT2D eigenvalue weighted by molar-refractivity contribution is 5.73. The van der Waals surface area contributed by atoms with Crippen LogP contribution in [0.5, 0.6) is 5.75 Å². The van der Waals surface area contributed by atoms with Gasteiger partial charge in [0.05, 0.1) is 12.6 Å². The van der Waals surface area contributed by atoms with Gasteiger partial charge in [-0.25, -0.2) is 0 Å². The summed E-state index contributed by atoms with van der Waals surface area (Å²) in [6, 6.07) is 4.18. The molecule has 4 nitrogen and oxygen atoms in total. The fraction of sp³-hybridized carbons (Fsp3) is 0.533. The number of hydrogen-bond donors (Lipinski definition) is 2. The van der Waals surface area contributed by atoms with Gasteiger partial charge in [0.1, 0.15) is 5.75 Å². The van der Waals surface area contributed by atoms with E-state index in [1.165, 1.54) is 0 Å². The van der Waals surface area contributed by atoms with Crippen LogP contribution in [-0.4, -0.2) is 12.5 Å². The zero-order valence-corrected chi connectivity index (χ0v) is 11.8. The Morgan fingerprint density at radius 1 is 1.58 bits per heavy atom. The van der Waals surface area contributed by atoms with E-state index in [9.17, 15) is 4.79 Å². The molecule has 0 bridgehead atoms. The number of nitrogens with one attached hydrogen (secondary N) is 1. The first-order valence-corrected chi connectivity index (χ1v) is 6.82. The van der Waals surface area contributed by atoms with Crippen LogP contribution in [-0.2, 0) is 4.79 Å². The van der Waals surface area contributed by atoms with E-state index < -0.39 is 0 Å². The number of fused-ring (bicyclic) bond motifs is 1. The van der Waals surface area contributed by atoms with Gasteiger partial charge in [-0.3, -0.25) is 4.79 Å². The fourth-order valence-corrected chi connectivity index (χ4v) is 2.58. The smallest absolute Gasteiger partial charge is 0.217 e. The van der Waals surface area contributed by atoms with Gasteiger partial charge in [-0.15, -0.1) is 0 Å². The number of carbonyl (C=O) groups excluding carboxylic acids is 1. The van der Waals surface area contributed by atoms with Crippen LogP contribution in [0.3, 0.4) is 0 Å². The number of nitrogens with two attached hydrogens (primary N) is 1. The van der Waals surface area contributed by atoms with Crippen molar-refractivity contribution in [1.82, 2.24) is 5.32 Å². The molecule has 3 N–H and O–H groups in total. The molecule has 0 saturated heterocycles. The number of aryl methyl sites for hydroxylation is 1. The van der Waals surface area contributed by atoms with Crippen LogP contribution in [0.25, 0.3) is 0 Å². The van der Waals surface area contributed by atoms with E-state index in [2.05, 4.69) is 24.4 Å². The number of benzene rings is 1. The Bertz CT molecular complexity index is 485. The van der Waals surface area contributed by atoms with Crippen molar-refractivity contribution >= 4 is 5.91 Å². The summed E-state index contributed by atoms with van der Waals surface area (Å²) in [5.41, 5.74) is 9.42. The average Bonchev–Trinajstić information content (AvgIpc) is 2.37. The topological polar surface area (TPSA) is 64.3 Å². The molecule has 104 valence electrons. The van der Waals surface area contributed by atoms with E-state index in [1.807, 2.05) is 6.92 Å². The van der Waals surface area contributed by atoms with Crippen molar-refractivity contribution in [2.24, 2.45) is 5.73 Å². The molecule has 2 atom stereocenters. The Morgan fingerprint density at radius 3 is 2.95 bits per heavy atom. The third-order valence-electron chi connectivity index (χ3n) is 3.54. The summed E-state index contributed by atoms with van der Waals surface area (Å²) < 4.78 is 5.81. The maximum absolute atomic E-state index is 11.3. The van der Waals surface area contributed by atoms with Gasteiger partial charge < -0.3 is 15.8 Å². The second-order valence-electron chi connectivity index (χ2n) is 5.18. The van der Waals surface area contributed by atoms with E-state index in [-0.39, 0.29) is 18.0 Å². The van der Waals surface area contributed by atoms with Crippen molar-refractivity contribution in [3.8, 4) is 5.75 Å². The van der Waals surface area contributed by atoms with E-state index in [0.717, 1.165) is 35.3 Å². The quantitative estimate of drug-likeness (QED) is 0.879. The number of ether oxygens (including phenoxy) is 1. The first-order chi connectivity index (χ1) is 9.02. The summed E-state index contributed by atoms with van der Waals surface area (Å²) in [6.45, 7) is 6.27. The molecule has 4 heteroatoms. The summed E-state index contributed by atoms with van der Waals surface area (Å²) in [6.07, 6.45) is 1.67. The van der Waals surface area contributed by atoms with Crippen LogP contribution in [0.15, 0.2) is 12.1 Å². The van der Waals surface area contributed by atoms with Crippen molar-refractivity contribution in [3.05, 3.63) is 28.8 Å². The molecular weight excluding hydrogens is 240 g/mol. The van der Waals surface area contributed by atoms with Crippen molar-refractivity contribution in [2.45, 2.75) is 45.7 Å². The monoisotopic (exact) mass is 262 g/mol. The van der Waals surface area contributed by atoms with Gasteiger partial charge >= 0.3 is 0 Å². The van der Waals surface area contributed by atoms with Gasteiger partial charge in [-0.1, -0.05) is 24.6 Å². The van der Waals surface area contributed by atoms with E-state index >= 15 is 0 Å². The van der Waals surface area contributed by atoms with Gasteiger partial charge in [-0.05, 0) is 13.3 Å². The van der Waals surface area contributed by atoms with Gasteiger partial charge in [0.15, 0.2) is 0 Å². The molecule has 0 aliphatic carbocycles. The third-order valence-corrected chi connectivity index (χ3v) is 3.54. The Hall–Kier alpha value is -1.55. The van der Waals surface area contributed by atoms with Crippen LogP contribution in [0.1, 0.15) is 55.5 Å². The number of amides is 1. The van der Waals surface area contributed by atoms with Crippen molar-refractivity contribution < 1.29 is 9.53 Å². The molecular formula is C15H22N2O2.